The van der Waals surface area contributed by atoms with Crippen molar-refractivity contribution in [3.63, 3.8) is 0 Å². The minimum absolute atomic E-state index is 0.0736. The van der Waals surface area contributed by atoms with Crippen LogP contribution in [0.1, 0.15) is 10.4 Å². The van der Waals surface area contributed by atoms with E-state index in [1.165, 1.54) is 4.88 Å². The second kappa shape index (κ2) is 9.62. The van der Waals surface area contributed by atoms with Gasteiger partial charge in [-0.25, -0.2) is 4.68 Å². The number of carbonyl (C=O) groups excluding carboxylic acids is 1. The van der Waals surface area contributed by atoms with Crippen LogP contribution in [0, 0.1) is 0 Å². The van der Waals surface area contributed by atoms with Crippen molar-refractivity contribution in [2.45, 2.75) is 12.2 Å². The van der Waals surface area contributed by atoms with Crippen LogP contribution in [0.15, 0.2) is 78.6 Å². The number of para-hydroxylation sites is 1. The molecule has 0 spiro atoms. The van der Waals surface area contributed by atoms with E-state index in [2.05, 4.69) is 26.4 Å². The van der Waals surface area contributed by atoms with E-state index in [1.807, 2.05) is 71.8 Å². The number of hydrogen-bond donors (Lipinski definition) is 1. The summed E-state index contributed by atoms with van der Waals surface area (Å²) in [5.41, 5.74) is 2.11. The van der Waals surface area contributed by atoms with E-state index in [0.29, 0.717) is 12.3 Å². The smallest absolute Gasteiger partial charge is 0.230 e. The lowest BCUT2D eigenvalue weighted by Gasteiger charge is -2.11. The Morgan fingerprint density at radius 3 is 2.66 bits per heavy atom. The van der Waals surface area contributed by atoms with E-state index >= 15 is 0 Å². The minimum atomic E-state index is 0.0736. The average molecular weight is 423 g/mol. The van der Waals surface area contributed by atoms with Crippen molar-refractivity contribution < 1.29 is 4.79 Å². The Kier molecular flexibility index (Phi) is 6.49. The average Bonchev–Trinajstić information content (AvgIpc) is 3.50. The zero-order valence-electron chi connectivity index (χ0n) is 15.9. The first-order valence-corrected chi connectivity index (χ1v) is 11.5. The molecule has 0 radical (unpaired) electrons. The fourth-order valence-corrected chi connectivity index (χ4v) is 4.59. The summed E-state index contributed by atoms with van der Waals surface area (Å²) in [5.74, 6) is 2.24. The lowest BCUT2D eigenvalue weighted by Crippen LogP contribution is -2.27. The SMILES string of the molecule is O=C(CSCc1cnn(-c2ccccc2)c1-n1cccc1)NCCc1cccs1. The maximum atomic E-state index is 12.1. The van der Waals surface area contributed by atoms with E-state index < -0.39 is 0 Å². The molecule has 4 rings (SSSR count). The van der Waals surface area contributed by atoms with Gasteiger partial charge in [-0.2, -0.15) is 5.10 Å². The number of thioether (sulfide) groups is 1. The third-order valence-electron chi connectivity index (χ3n) is 4.43. The van der Waals surface area contributed by atoms with Gasteiger partial charge in [-0.15, -0.1) is 23.1 Å². The van der Waals surface area contributed by atoms with Gasteiger partial charge in [-0.05, 0) is 42.1 Å². The number of amides is 1. The highest BCUT2D eigenvalue weighted by Crippen LogP contribution is 2.23. The molecule has 5 nitrogen and oxygen atoms in total. The molecule has 0 aliphatic carbocycles. The largest absolute Gasteiger partial charge is 0.355 e. The summed E-state index contributed by atoms with van der Waals surface area (Å²) in [6, 6.07) is 18.2. The van der Waals surface area contributed by atoms with Gasteiger partial charge >= 0.3 is 0 Å². The Balaban J connectivity index is 1.37. The summed E-state index contributed by atoms with van der Waals surface area (Å²) >= 11 is 3.33. The van der Waals surface area contributed by atoms with Crippen molar-refractivity contribution in [3.05, 3.63) is 89.0 Å². The Morgan fingerprint density at radius 1 is 1.07 bits per heavy atom. The Labute approximate surface area is 178 Å². The highest BCUT2D eigenvalue weighted by Gasteiger charge is 2.14. The molecule has 0 saturated heterocycles. The molecule has 4 aromatic rings. The molecular formula is C22H22N4OS2. The Bertz CT molecular complexity index is 1020. The van der Waals surface area contributed by atoms with E-state index in [4.69, 9.17) is 0 Å². The van der Waals surface area contributed by atoms with Crippen LogP contribution in [0.3, 0.4) is 0 Å². The number of nitrogens with one attached hydrogen (secondary N) is 1. The first-order chi connectivity index (χ1) is 14.3. The summed E-state index contributed by atoms with van der Waals surface area (Å²) in [7, 11) is 0. The standard InChI is InChI=1S/C22H22N4OS2/c27-21(23-11-10-20-9-6-14-29-20)17-28-16-18-15-24-26(19-7-2-1-3-8-19)22(18)25-12-4-5-13-25/h1-9,12-15H,10-11,16-17H2,(H,23,27). The van der Waals surface area contributed by atoms with Gasteiger partial charge in [0.2, 0.25) is 5.91 Å². The van der Waals surface area contributed by atoms with Gasteiger partial charge in [0.05, 0.1) is 17.6 Å². The fraction of sp³-hybridized carbons (Fsp3) is 0.182. The molecule has 29 heavy (non-hydrogen) atoms. The molecule has 0 atom stereocenters. The van der Waals surface area contributed by atoms with E-state index in [9.17, 15) is 4.79 Å². The van der Waals surface area contributed by atoms with Gasteiger partial charge in [0, 0.05) is 35.1 Å². The van der Waals surface area contributed by atoms with Crippen LogP contribution in [0.25, 0.3) is 11.5 Å². The van der Waals surface area contributed by atoms with E-state index in [-0.39, 0.29) is 5.91 Å². The highest BCUT2D eigenvalue weighted by molar-refractivity contribution is 7.99. The van der Waals surface area contributed by atoms with Crippen LogP contribution in [-0.2, 0) is 17.0 Å². The third-order valence-corrected chi connectivity index (χ3v) is 6.35. The van der Waals surface area contributed by atoms with Gasteiger partial charge in [-0.3, -0.25) is 4.79 Å². The first kappa shape index (κ1) is 19.5. The Morgan fingerprint density at radius 2 is 1.90 bits per heavy atom. The zero-order chi connectivity index (χ0) is 19.9. The molecule has 0 saturated carbocycles. The van der Waals surface area contributed by atoms with E-state index in [0.717, 1.165) is 29.2 Å². The van der Waals surface area contributed by atoms with Crippen LogP contribution < -0.4 is 5.32 Å². The second-order valence-corrected chi connectivity index (χ2v) is 8.52. The van der Waals surface area contributed by atoms with Crippen molar-refractivity contribution in [3.8, 4) is 11.5 Å². The van der Waals surface area contributed by atoms with Gasteiger partial charge < -0.3 is 9.88 Å². The molecule has 0 aliphatic heterocycles. The van der Waals surface area contributed by atoms with Crippen molar-refractivity contribution in [2.75, 3.05) is 12.3 Å². The maximum absolute atomic E-state index is 12.1. The molecule has 3 aromatic heterocycles. The zero-order valence-corrected chi connectivity index (χ0v) is 17.5. The van der Waals surface area contributed by atoms with Gasteiger partial charge in [-0.1, -0.05) is 24.3 Å². The molecule has 0 unspecified atom stereocenters. The van der Waals surface area contributed by atoms with Crippen molar-refractivity contribution in [2.24, 2.45) is 0 Å². The van der Waals surface area contributed by atoms with Crippen LogP contribution in [0.5, 0.6) is 0 Å². The molecule has 148 valence electrons. The number of hydrogen-bond acceptors (Lipinski definition) is 4. The number of thiophene rings is 1. The van der Waals surface area contributed by atoms with Crippen LogP contribution in [0.2, 0.25) is 0 Å². The summed E-state index contributed by atoms with van der Waals surface area (Å²) < 4.78 is 4.01. The van der Waals surface area contributed by atoms with Crippen molar-refractivity contribution >= 4 is 29.0 Å². The van der Waals surface area contributed by atoms with Crippen molar-refractivity contribution in [1.82, 2.24) is 19.7 Å². The third kappa shape index (κ3) is 4.99. The number of benzene rings is 1. The Hall–Kier alpha value is -2.77. The number of aromatic nitrogens is 3. The lowest BCUT2D eigenvalue weighted by atomic mass is 10.3. The van der Waals surface area contributed by atoms with Crippen LogP contribution >= 0.6 is 23.1 Å². The van der Waals surface area contributed by atoms with Gasteiger partial charge in [0.25, 0.3) is 0 Å². The molecule has 1 aromatic carbocycles. The quantitative estimate of drug-likeness (QED) is 0.437. The summed E-state index contributed by atoms with van der Waals surface area (Å²) in [6.07, 6.45) is 6.81. The second-order valence-electron chi connectivity index (χ2n) is 6.50. The van der Waals surface area contributed by atoms with Crippen LogP contribution in [-0.4, -0.2) is 32.6 Å². The van der Waals surface area contributed by atoms with Gasteiger partial charge in [0.15, 0.2) is 0 Å². The summed E-state index contributed by atoms with van der Waals surface area (Å²) in [5, 5.41) is 9.66. The first-order valence-electron chi connectivity index (χ1n) is 9.44. The molecule has 3 heterocycles. The van der Waals surface area contributed by atoms with E-state index in [1.54, 1.807) is 23.1 Å². The molecule has 1 amide bonds. The number of carbonyl (C=O) groups is 1. The lowest BCUT2D eigenvalue weighted by molar-refractivity contribution is -0.118. The topological polar surface area (TPSA) is 51.9 Å². The predicted octanol–water partition coefficient (Wildman–Crippen LogP) is 4.32. The molecule has 7 heteroatoms. The fourth-order valence-electron chi connectivity index (χ4n) is 3.07. The molecule has 0 fully saturated rings. The highest BCUT2D eigenvalue weighted by atomic mass is 32.2. The minimum Gasteiger partial charge on any atom is -0.355 e. The molecular weight excluding hydrogens is 400 g/mol. The normalized spacial score (nSPS) is 10.9. The number of nitrogens with zero attached hydrogens (tertiary/aromatic N) is 3. The summed E-state index contributed by atoms with van der Waals surface area (Å²) in [4.78, 5) is 13.4. The van der Waals surface area contributed by atoms with Crippen LogP contribution in [0.4, 0.5) is 0 Å². The predicted molar refractivity (Wildman–Crippen MR) is 120 cm³/mol. The molecule has 0 aliphatic rings. The maximum Gasteiger partial charge on any atom is 0.230 e. The van der Waals surface area contributed by atoms with Crippen molar-refractivity contribution in [1.29, 1.82) is 0 Å². The molecule has 0 bridgehead atoms. The monoisotopic (exact) mass is 422 g/mol. The summed E-state index contributed by atoms with van der Waals surface area (Å²) in [6.45, 7) is 0.681. The number of rotatable bonds is 9. The molecule has 1 N–H and O–H groups in total. The van der Waals surface area contributed by atoms with Gasteiger partial charge in [0.1, 0.15) is 5.82 Å².